The Balaban J connectivity index is 2.76. The first-order valence-corrected chi connectivity index (χ1v) is 4.93. The smallest absolute Gasteiger partial charge is 0.122 e. The van der Waals surface area contributed by atoms with Crippen LogP contribution in [0.3, 0.4) is 0 Å². The summed E-state index contributed by atoms with van der Waals surface area (Å²) >= 11 is 3.27. The van der Waals surface area contributed by atoms with Crippen molar-refractivity contribution in [3.63, 3.8) is 0 Å². The van der Waals surface area contributed by atoms with Gasteiger partial charge < -0.3 is 15.8 Å². The zero-order valence-corrected chi connectivity index (χ0v) is 9.60. The van der Waals surface area contributed by atoms with Crippen molar-refractivity contribution in [2.24, 2.45) is 0 Å². The zero-order chi connectivity index (χ0) is 10.6. The van der Waals surface area contributed by atoms with Crippen molar-refractivity contribution in [3.05, 3.63) is 29.3 Å². The first-order chi connectivity index (χ1) is 6.61. The Morgan fingerprint density at radius 3 is 2.86 bits per heavy atom. The number of rotatable bonds is 4. The summed E-state index contributed by atoms with van der Waals surface area (Å²) in [5.41, 5.74) is 7.28. The average molecular weight is 257 g/mol. The predicted octanol–water partition coefficient (Wildman–Crippen LogP) is 2.60. The standard InChI is InChI=1S/C10H13BrN2O/c1-7(11)6-13-9-3-8(12)4-10(5-9)14-2/h3-5,13H,1,6,12H2,2H3. The number of hydrogen-bond acceptors (Lipinski definition) is 3. The molecule has 0 amide bonds. The third kappa shape index (κ3) is 3.30. The van der Waals surface area contributed by atoms with Gasteiger partial charge in [-0.05, 0) is 6.07 Å². The lowest BCUT2D eigenvalue weighted by Crippen LogP contribution is -2.01. The minimum atomic E-state index is 0.659. The van der Waals surface area contributed by atoms with Gasteiger partial charge in [0.1, 0.15) is 5.75 Å². The molecule has 3 nitrogen and oxygen atoms in total. The zero-order valence-electron chi connectivity index (χ0n) is 8.01. The topological polar surface area (TPSA) is 47.3 Å². The fourth-order valence-electron chi connectivity index (χ4n) is 1.04. The second-order valence-corrected chi connectivity index (χ2v) is 3.99. The van der Waals surface area contributed by atoms with Crippen LogP contribution in [-0.2, 0) is 0 Å². The van der Waals surface area contributed by atoms with Gasteiger partial charge >= 0.3 is 0 Å². The molecule has 14 heavy (non-hydrogen) atoms. The van der Waals surface area contributed by atoms with E-state index in [4.69, 9.17) is 10.5 Å². The monoisotopic (exact) mass is 256 g/mol. The summed E-state index contributed by atoms with van der Waals surface area (Å²) in [4.78, 5) is 0. The van der Waals surface area contributed by atoms with Crippen LogP contribution in [0.5, 0.6) is 5.75 Å². The first kappa shape index (κ1) is 10.9. The van der Waals surface area contributed by atoms with E-state index >= 15 is 0 Å². The average Bonchev–Trinajstić information content (AvgIpc) is 2.14. The number of anilines is 2. The molecule has 0 aromatic heterocycles. The van der Waals surface area contributed by atoms with Gasteiger partial charge in [0.2, 0.25) is 0 Å². The van der Waals surface area contributed by atoms with Crippen molar-refractivity contribution < 1.29 is 4.74 Å². The van der Waals surface area contributed by atoms with Crippen molar-refractivity contribution in [1.29, 1.82) is 0 Å². The molecule has 76 valence electrons. The minimum absolute atomic E-state index is 0.659. The number of nitrogens with two attached hydrogens (primary N) is 1. The molecule has 0 bridgehead atoms. The first-order valence-electron chi connectivity index (χ1n) is 4.13. The van der Waals surface area contributed by atoms with Crippen LogP contribution in [0.2, 0.25) is 0 Å². The molecule has 0 aliphatic heterocycles. The molecule has 0 saturated heterocycles. The summed E-state index contributed by atoms with van der Waals surface area (Å²) in [5.74, 6) is 0.743. The van der Waals surface area contributed by atoms with Crippen LogP contribution in [0.4, 0.5) is 11.4 Å². The van der Waals surface area contributed by atoms with Crippen LogP contribution in [0, 0.1) is 0 Å². The summed E-state index contributed by atoms with van der Waals surface area (Å²) in [6.07, 6.45) is 0. The number of ether oxygens (including phenoxy) is 1. The molecule has 0 spiro atoms. The number of hydrogen-bond donors (Lipinski definition) is 2. The van der Waals surface area contributed by atoms with Crippen LogP contribution in [0.25, 0.3) is 0 Å². The van der Waals surface area contributed by atoms with E-state index in [0.717, 1.165) is 15.9 Å². The van der Waals surface area contributed by atoms with Crippen molar-refractivity contribution in [2.75, 3.05) is 24.7 Å². The largest absolute Gasteiger partial charge is 0.497 e. The fraction of sp³-hybridized carbons (Fsp3) is 0.200. The maximum Gasteiger partial charge on any atom is 0.122 e. The highest BCUT2D eigenvalue weighted by atomic mass is 79.9. The quantitative estimate of drug-likeness (QED) is 0.815. The van der Waals surface area contributed by atoms with Gasteiger partial charge in [0.25, 0.3) is 0 Å². The Hall–Kier alpha value is -1.16. The van der Waals surface area contributed by atoms with Gasteiger partial charge in [-0.1, -0.05) is 22.5 Å². The third-order valence-corrected chi connectivity index (χ3v) is 1.93. The van der Waals surface area contributed by atoms with Crippen molar-refractivity contribution in [2.45, 2.75) is 0 Å². The van der Waals surface area contributed by atoms with Crippen molar-refractivity contribution >= 4 is 27.3 Å². The van der Waals surface area contributed by atoms with Crippen LogP contribution in [0.1, 0.15) is 0 Å². The molecule has 0 aliphatic carbocycles. The molecular weight excluding hydrogens is 244 g/mol. The highest BCUT2D eigenvalue weighted by Crippen LogP contribution is 2.22. The number of nitrogens with one attached hydrogen (secondary N) is 1. The van der Waals surface area contributed by atoms with Gasteiger partial charge in [0.15, 0.2) is 0 Å². The normalized spacial score (nSPS) is 9.57. The molecule has 0 heterocycles. The maximum atomic E-state index is 5.69. The predicted molar refractivity (Wildman–Crippen MR) is 64.0 cm³/mol. The summed E-state index contributed by atoms with van der Waals surface area (Å²) < 4.78 is 5.98. The van der Waals surface area contributed by atoms with Gasteiger partial charge in [-0.3, -0.25) is 0 Å². The Bertz CT molecular complexity index is 339. The van der Waals surface area contributed by atoms with Crippen molar-refractivity contribution in [3.8, 4) is 5.75 Å². The number of benzene rings is 1. The Labute approximate surface area is 92.1 Å². The summed E-state index contributed by atoms with van der Waals surface area (Å²) in [6, 6.07) is 5.50. The third-order valence-electron chi connectivity index (χ3n) is 1.65. The molecule has 1 aromatic carbocycles. The number of halogens is 1. The maximum absolute atomic E-state index is 5.69. The van der Waals surface area contributed by atoms with Gasteiger partial charge in [-0.15, -0.1) is 0 Å². The lowest BCUT2D eigenvalue weighted by atomic mass is 10.2. The summed E-state index contributed by atoms with van der Waals surface area (Å²) in [5, 5.41) is 3.15. The van der Waals surface area contributed by atoms with E-state index in [9.17, 15) is 0 Å². The Morgan fingerprint density at radius 1 is 1.57 bits per heavy atom. The highest BCUT2D eigenvalue weighted by molar-refractivity contribution is 9.11. The molecule has 3 N–H and O–H groups in total. The van der Waals surface area contributed by atoms with Gasteiger partial charge in [-0.25, -0.2) is 0 Å². The van der Waals surface area contributed by atoms with Gasteiger partial charge in [0.05, 0.1) is 7.11 Å². The molecule has 0 atom stereocenters. The lowest BCUT2D eigenvalue weighted by molar-refractivity contribution is 0.415. The summed E-state index contributed by atoms with van der Waals surface area (Å²) in [7, 11) is 1.61. The van der Waals surface area contributed by atoms with Crippen LogP contribution < -0.4 is 15.8 Å². The molecule has 0 radical (unpaired) electrons. The molecule has 0 aliphatic rings. The Kier molecular flexibility index (Phi) is 3.83. The number of nitrogen functional groups attached to an aromatic ring is 1. The number of methoxy groups -OCH3 is 1. The van der Waals surface area contributed by atoms with Gasteiger partial charge in [-0.2, -0.15) is 0 Å². The van der Waals surface area contributed by atoms with Gasteiger partial charge in [0, 0.05) is 34.5 Å². The van der Waals surface area contributed by atoms with E-state index in [2.05, 4.69) is 27.8 Å². The molecule has 0 unspecified atom stereocenters. The minimum Gasteiger partial charge on any atom is -0.497 e. The molecule has 4 heteroatoms. The highest BCUT2D eigenvalue weighted by Gasteiger charge is 1.98. The van der Waals surface area contributed by atoms with E-state index in [1.165, 1.54) is 0 Å². The molecule has 0 fully saturated rings. The molecular formula is C10H13BrN2O. The second kappa shape index (κ2) is 4.91. The van der Waals surface area contributed by atoms with E-state index in [0.29, 0.717) is 12.2 Å². The van der Waals surface area contributed by atoms with E-state index in [1.54, 1.807) is 13.2 Å². The second-order valence-electron chi connectivity index (χ2n) is 2.87. The van der Waals surface area contributed by atoms with E-state index in [-0.39, 0.29) is 0 Å². The molecule has 0 saturated carbocycles. The van der Waals surface area contributed by atoms with E-state index < -0.39 is 0 Å². The Morgan fingerprint density at radius 2 is 2.29 bits per heavy atom. The van der Waals surface area contributed by atoms with Crippen LogP contribution in [-0.4, -0.2) is 13.7 Å². The summed E-state index contributed by atoms with van der Waals surface area (Å²) in [6.45, 7) is 4.39. The van der Waals surface area contributed by atoms with Crippen molar-refractivity contribution in [1.82, 2.24) is 0 Å². The molecule has 1 rings (SSSR count). The fourth-order valence-corrected chi connectivity index (χ4v) is 1.18. The molecule has 1 aromatic rings. The lowest BCUT2D eigenvalue weighted by Gasteiger charge is -2.08. The SMILES string of the molecule is C=C(Br)CNc1cc(N)cc(OC)c1. The van der Waals surface area contributed by atoms with Crippen LogP contribution in [0.15, 0.2) is 29.3 Å². The van der Waals surface area contributed by atoms with E-state index in [1.807, 2.05) is 12.1 Å². The van der Waals surface area contributed by atoms with Crippen LogP contribution >= 0.6 is 15.9 Å².